The van der Waals surface area contributed by atoms with E-state index in [1.54, 1.807) is 45.0 Å². The second-order valence-corrected chi connectivity index (χ2v) is 8.01. The van der Waals surface area contributed by atoms with Crippen molar-refractivity contribution in [3.63, 3.8) is 0 Å². The van der Waals surface area contributed by atoms with Crippen LogP contribution in [0, 0.1) is 0 Å². The first-order valence-corrected chi connectivity index (χ1v) is 7.55. The zero-order valence-corrected chi connectivity index (χ0v) is 12.3. The molecular formula is C14H19NO3S. The standard InChI is InChI=1S/C14H19NO3S/c1-5-13(16)15-12-8-6-7-11(9-12)10-19(17,18)14(2,3)4/h5-9H,1,10H2,2-4H3,(H,15,16). The Balaban J connectivity index is 2.95. The molecule has 0 unspecified atom stereocenters. The monoisotopic (exact) mass is 281 g/mol. The van der Waals surface area contributed by atoms with Gasteiger partial charge in [0.25, 0.3) is 0 Å². The van der Waals surface area contributed by atoms with E-state index in [1.807, 2.05) is 0 Å². The van der Waals surface area contributed by atoms with E-state index < -0.39 is 14.6 Å². The summed E-state index contributed by atoms with van der Waals surface area (Å²) in [5, 5.41) is 2.60. The number of carbonyl (C=O) groups is 1. The van der Waals surface area contributed by atoms with Crippen molar-refractivity contribution in [1.82, 2.24) is 0 Å². The molecule has 1 N–H and O–H groups in total. The number of carbonyl (C=O) groups excluding carboxylic acids is 1. The second kappa shape index (κ2) is 5.57. The molecule has 0 atom stereocenters. The lowest BCUT2D eigenvalue weighted by atomic mass is 10.2. The quantitative estimate of drug-likeness (QED) is 0.863. The highest BCUT2D eigenvalue weighted by Gasteiger charge is 2.28. The number of hydrogen-bond donors (Lipinski definition) is 1. The van der Waals surface area contributed by atoms with Crippen molar-refractivity contribution in [3.05, 3.63) is 42.5 Å². The van der Waals surface area contributed by atoms with E-state index in [9.17, 15) is 13.2 Å². The Morgan fingerprint density at radius 2 is 2.00 bits per heavy atom. The number of amides is 1. The van der Waals surface area contributed by atoms with E-state index in [1.165, 1.54) is 6.08 Å². The van der Waals surface area contributed by atoms with Crippen molar-refractivity contribution in [1.29, 1.82) is 0 Å². The highest BCUT2D eigenvalue weighted by Crippen LogP contribution is 2.22. The molecule has 5 heteroatoms. The SMILES string of the molecule is C=CC(=O)Nc1cccc(CS(=O)(=O)C(C)(C)C)c1. The van der Waals surface area contributed by atoms with Crippen LogP contribution in [0.2, 0.25) is 0 Å². The lowest BCUT2D eigenvalue weighted by Gasteiger charge is -2.19. The minimum Gasteiger partial charge on any atom is -0.323 e. The predicted molar refractivity (Wildman–Crippen MR) is 77.6 cm³/mol. The second-order valence-electron chi connectivity index (χ2n) is 5.27. The number of benzene rings is 1. The summed E-state index contributed by atoms with van der Waals surface area (Å²) >= 11 is 0. The molecular weight excluding hydrogens is 262 g/mol. The first-order chi connectivity index (χ1) is 8.65. The summed E-state index contributed by atoms with van der Waals surface area (Å²) in [7, 11) is -3.23. The largest absolute Gasteiger partial charge is 0.323 e. The van der Waals surface area contributed by atoms with Gasteiger partial charge in [-0.1, -0.05) is 18.7 Å². The van der Waals surface area contributed by atoms with Crippen LogP contribution in [0.3, 0.4) is 0 Å². The molecule has 0 aromatic heterocycles. The summed E-state index contributed by atoms with van der Waals surface area (Å²) in [6.07, 6.45) is 1.17. The van der Waals surface area contributed by atoms with Gasteiger partial charge in [-0.3, -0.25) is 4.79 Å². The normalized spacial score (nSPS) is 11.9. The van der Waals surface area contributed by atoms with E-state index in [0.717, 1.165) is 0 Å². The summed E-state index contributed by atoms with van der Waals surface area (Å²) in [6.45, 7) is 8.38. The Morgan fingerprint density at radius 3 is 2.53 bits per heavy atom. The third-order valence-corrected chi connectivity index (χ3v) is 5.25. The third kappa shape index (κ3) is 4.21. The Labute approximate surface area is 114 Å². The van der Waals surface area contributed by atoms with Crippen LogP contribution >= 0.6 is 0 Å². The molecule has 1 aromatic rings. The molecule has 0 aliphatic rings. The minimum atomic E-state index is -3.23. The highest BCUT2D eigenvalue weighted by atomic mass is 32.2. The van der Waals surface area contributed by atoms with Crippen molar-refractivity contribution >= 4 is 21.4 Å². The van der Waals surface area contributed by atoms with Gasteiger partial charge in [0.05, 0.1) is 10.5 Å². The topological polar surface area (TPSA) is 63.2 Å². The van der Waals surface area contributed by atoms with Crippen molar-refractivity contribution in [2.24, 2.45) is 0 Å². The first kappa shape index (κ1) is 15.4. The lowest BCUT2D eigenvalue weighted by Crippen LogP contribution is -2.29. The van der Waals surface area contributed by atoms with Gasteiger partial charge in [-0.25, -0.2) is 8.42 Å². The fraction of sp³-hybridized carbons (Fsp3) is 0.357. The fourth-order valence-corrected chi connectivity index (χ4v) is 2.42. The van der Waals surface area contributed by atoms with Crippen LogP contribution in [-0.4, -0.2) is 19.1 Å². The maximum Gasteiger partial charge on any atom is 0.247 e. The Hall–Kier alpha value is -1.62. The van der Waals surface area contributed by atoms with E-state index >= 15 is 0 Å². The summed E-state index contributed by atoms with van der Waals surface area (Å²) in [6, 6.07) is 6.80. The van der Waals surface area contributed by atoms with Gasteiger partial charge in [0.2, 0.25) is 5.91 Å². The first-order valence-electron chi connectivity index (χ1n) is 5.90. The van der Waals surface area contributed by atoms with E-state index in [-0.39, 0.29) is 11.7 Å². The average molecular weight is 281 g/mol. The van der Waals surface area contributed by atoms with Crippen LogP contribution in [-0.2, 0) is 20.4 Å². The lowest BCUT2D eigenvalue weighted by molar-refractivity contribution is -0.111. The molecule has 1 rings (SSSR count). The molecule has 0 radical (unpaired) electrons. The van der Waals surface area contributed by atoms with Gasteiger partial charge < -0.3 is 5.32 Å². The maximum atomic E-state index is 12.1. The zero-order valence-electron chi connectivity index (χ0n) is 11.4. The summed E-state index contributed by atoms with van der Waals surface area (Å²) in [5.74, 6) is -0.371. The van der Waals surface area contributed by atoms with Gasteiger partial charge in [0, 0.05) is 5.69 Å². The smallest absolute Gasteiger partial charge is 0.247 e. The van der Waals surface area contributed by atoms with Gasteiger partial charge >= 0.3 is 0 Å². The number of sulfone groups is 1. The number of anilines is 1. The van der Waals surface area contributed by atoms with Gasteiger partial charge in [-0.05, 0) is 44.5 Å². The molecule has 0 saturated carbocycles. The zero-order chi connectivity index (χ0) is 14.7. The molecule has 1 amide bonds. The summed E-state index contributed by atoms with van der Waals surface area (Å²) in [4.78, 5) is 11.2. The van der Waals surface area contributed by atoms with Gasteiger partial charge in [0.1, 0.15) is 0 Å². The van der Waals surface area contributed by atoms with Crippen LogP contribution in [0.1, 0.15) is 26.3 Å². The highest BCUT2D eigenvalue weighted by molar-refractivity contribution is 7.91. The summed E-state index contributed by atoms with van der Waals surface area (Å²) < 4.78 is 23.4. The van der Waals surface area contributed by atoms with Crippen molar-refractivity contribution in [3.8, 4) is 0 Å². The van der Waals surface area contributed by atoms with Crippen molar-refractivity contribution in [2.45, 2.75) is 31.3 Å². The third-order valence-electron chi connectivity index (χ3n) is 2.67. The molecule has 0 heterocycles. The van der Waals surface area contributed by atoms with Crippen molar-refractivity contribution < 1.29 is 13.2 Å². The molecule has 4 nitrogen and oxygen atoms in total. The predicted octanol–water partition coefficient (Wildman–Crippen LogP) is 2.52. The molecule has 1 aromatic carbocycles. The molecule has 0 aliphatic heterocycles. The average Bonchev–Trinajstić information content (AvgIpc) is 2.27. The minimum absolute atomic E-state index is 0.0473. The molecule has 19 heavy (non-hydrogen) atoms. The van der Waals surface area contributed by atoms with Crippen LogP contribution in [0.25, 0.3) is 0 Å². The molecule has 0 bridgehead atoms. The van der Waals surface area contributed by atoms with Crippen LogP contribution in [0.5, 0.6) is 0 Å². The molecule has 0 saturated heterocycles. The maximum absolute atomic E-state index is 12.1. The number of rotatable bonds is 4. The number of hydrogen-bond acceptors (Lipinski definition) is 3. The fourth-order valence-electron chi connectivity index (χ4n) is 1.37. The summed E-state index contributed by atoms with van der Waals surface area (Å²) in [5.41, 5.74) is 1.21. The molecule has 0 aliphatic carbocycles. The van der Waals surface area contributed by atoms with E-state index in [4.69, 9.17) is 0 Å². The number of nitrogens with one attached hydrogen (secondary N) is 1. The molecule has 0 fully saturated rings. The molecule has 0 spiro atoms. The van der Waals surface area contributed by atoms with Gasteiger partial charge in [0.15, 0.2) is 9.84 Å². The molecule has 104 valence electrons. The Bertz CT molecular complexity index is 583. The Morgan fingerprint density at radius 1 is 1.37 bits per heavy atom. The van der Waals surface area contributed by atoms with Crippen LogP contribution < -0.4 is 5.32 Å². The Kier molecular flexibility index (Phi) is 4.52. The van der Waals surface area contributed by atoms with Crippen LogP contribution in [0.4, 0.5) is 5.69 Å². The van der Waals surface area contributed by atoms with Crippen molar-refractivity contribution in [2.75, 3.05) is 5.32 Å². The van der Waals surface area contributed by atoms with Crippen LogP contribution in [0.15, 0.2) is 36.9 Å². The van der Waals surface area contributed by atoms with E-state index in [0.29, 0.717) is 11.3 Å². The van der Waals surface area contributed by atoms with Gasteiger partial charge in [-0.2, -0.15) is 0 Å². The van der Waals surface area contributed by atoms with Gasteiger partial charge in [-0.15, -0.1) is 0 Å². The van der Waals surface area contributed by atoms with E-state index in [2.05, 4.69) is 11.9 Å².